The second kappa shape index (κ2) is 4.74. The van der Waals surface area contributed by atoms with Crippen molar-refractivity contribution in [3.05, 3.63) is 29.6 Å². The number of rotatable bonds is 4. The first-order valence-electron chi connectivity index (χ1n) is 4.68. The van der Waals surface area contributed by atoms with Crippen LogP contribution in [0.5, 0.6) is 5.75 Å². The first-order valence-corrected chi connectivity index (χ1v) is 4.68. The van der Waals surface area contributed by atoms with E-state index >= 15 is 0 Å². The molecule has 2 N–H and O–H groups in total. The average Bonchev–Trinajstić information content (AvgIpc) is 2.20. The van der Waals surface area contributed by atoms with Crippen molar-refractivity contribution >= 4 is 11.7 Å². The van der Waals surface area contributed by atoms with Crippen LogP contribution >= 0.6 is 0 Å². The second-order valence-electron chi connectivity index (χ2n) is 3.36. The maximum Gasteiger partial charge on any atom is 0.258 e. The Morgan fingerprint density at radius 2 is 2.06 bits per heavy atom. The largest absolute Gasteiger partial charge is 0.478 e. The van der Waals surface area contributed by atoms with E-state index in [9.17, 15) is 14.0 Å². The van der Waals surface area contributed by atoms with E-state index in [0.717, 1.165) is 6.07 Å². The molecule has 1 amide bonds. The zero-order valence-corrected chi connectivity index (χ0v) is 8.99. The highest BCUT2D eigenvalue weighted by molar-refractivity contribution is 5.94. The predicted octanol–water partition coefficient (Wildman–Crippen LogP) is 1.28. The standard InChI is InChI=1S/C11H12FNO3/c1-6(14)8-3-4-10(9(12)5-8)16-7(2)11(13)15/h3-5,7H,1-2H3,(H2,13,15). The zero-order chi connectivity index (χ0) is 12.3. The molecule has 5 heteroatoms. The molecular formula is C11H12FNO3. The summed E-state index contributed by atoms with van der Waals surface area (Å²) in [5, 5.41) is 0. The van der Waals surface area contributed by atoms with E-state index in [4.69, 9.17) is 10.5 Å². The highest BCUT2D eigenvalue weighted by Crippen LogP contribution is 2.19. The normalized spacial score (nSPS) is 11.9. The molecule has 0 aliphatic carbocycles. The maximum atomic E-state index is 13.4. The van der Waals surface area contributed by atoms with E-state index in [2.05, 4.69) is 0 Å². The molecule has 1 unspecified atom stereocenters. The molecule has 0 aliphatic heterocycles. The Morgan fingerprint density at radius 3 is 2.50 bits per heavy atom. The van der Waals surface area contributed by atoms with Gasteiger partial charge in [-0.1, -0.05) is 0 Å². The lowest BCUT2D eigenvalue weighted by Crippen LogP contribution is -2.30. The fourth-order valence-electron chi connectivity index (χ4n) is 1.06. The minimum Gasteiger partial charge on any atom is -0.478 e. The number of Topliss-reactive ketones (excluding diaryl/α,β-unsaturated/α-hetero) is 1. The summed E-state index contributed by atoms with van der Waals surface area (Å²) in [6.07, 6.45) is -0.919. The van der Waals surface area contributed by atoms with Crippen molar-refractivity contribution in [1.29, 1.82) is 0 Å². The van der Waals surface area contributed by atoms with Crippen LogP contribution in [0.25, 0.3) is 0 Å². The van der Waals surface area contributed by atoms with Gasteiger partial charge in [-0.2, -0.15) is 0 Å². The van der Waals surface area contributed by atoms with Gasteiger partial charge in [0.1, 0.15) is 0 Å². The molecule has 0 saturated carbocycles. The van der Waals surface area contributed by atoms with E-state index in [1.807, 2.05) is 0 Å². The Hall–Kier alpha value is -1.91. The third-order valence-corrected chi connectivity index (χ3v) is 2.04. The molecule has 1 rings (SSSR count). The Balaban J connectivity index is 2.91. The Morgan fingerprint density at radius 1 is 1.44 bits per heavy atom. The smallest absolute Gasteiger partial charge is 0.258 e. The summed E-state index contributed by atoms with van der Waals surface area (Å²) in [7, 11) is 0. The minimum atomic E-state index is -0.919. The molecule has 1 aromatic rings. The summed E-state index contributed by atoms with van der Waals surface area (Å²) in [6, 6.07) is 3.78. The number of ketones is 1. The Labute approximate surface area is 92.2 Å². The molecule has 16 heavy (non-hydrogen) atoms. The van der Waals surface area contributed by atoms with Crippen LogP contribution in [0.3, 0.4) is 0 Å². The molecule has 4 nitrogen and oxygen atoms in total. The van der Waals surface area contributed by atoms with Crippen LogP contribution in [0, 0.1) is 5.82 Å². The van der Waals surface area contributed by atoms with Crippen LogP contribution in [-0.4, -0.2) is 17.8 Å². The fourth-order valence-corrected chi connectivity index (χ4v) is 1.06. The number of benzene rings is 1. The third-order valence-electron chi connectivity index (χ3n) is 2.04. The van der Waals surface area contributed by atoms with Gasteiger partial charge in [-0.3, -0.25) is 9.59 Å². The van der Waals surface area contributed by atoms with Gasteiger partial charge in [0.25, 0.3) is 5.91 Å². The van der Waals surface area contributed by atoms with Crippen LogP contribution in [0.2, 0.25) is 0 Å². The Kier molecular flexibility index (Phi) is 3.60. The molecule has 86 valence electrons. The van der Waals surface area contributed by atoms with E-state index in [1.165, 1.54) is 26.0 Å². The highest BCUT2D eigenvalue weighted by Gasteiger charge is 2.14. The van der Waals surface area contributed by atoms with Gasteiger partial charge in [0, 0.05) is 5.56 Å². The van der Waals surface area contributed by atoms with Gasteiger partial charge in [0.05, 0.1) is 0 Å². The molecule has 0 radical (unpaired) electrons. The fraction of sp³-hybridized carbons (Fsp3) is 0.273. The monoisotopic (exact) mass is 225 g/mol. The van der Waals surface area contributed by atoms with Crippen molar-refractivity contribution in [2.45, 2.75) is 20.0 Å². The van der Waals surface area contributed by atoms with Crippen molar-refractivity contribution in [1.82, 2.24) is 0 Å². The van der Waals surface area contributed by atoms with Crippen molar-refractivity contribution < 1.29 is 18.7 Å². The highest BCUT2D eigenvalue weighted by atomic mass is 19.1. The number of primary amides is 1. The number of carbonyl (C=O) groups excluding carboxylic acids is 2. The van der Waals surface area contributed by atoms with E-state index in [0.29, 0.717) is 0 Å². The van der Waals surface area contributed by atoms with Crippen molar-refractivity contribution in [3.8, 4) is 5.75 Å². The molecule has 0 spiro atoms. The number of amides is 1. The van der Waals surface area contributed by atoms with Gasteiger partial charge in [-0.15, -0.1) is 0 Å². The second-order valence-corrected chi connectivity index (χ2v) is 3.36. The maximum absolute atomic E-state index is 13.4. The SMILES string of the molecule is CC(=O)c1ccc(OC(C)C(N)=O)c(F)c1. The van der Waals surface area contributed by atoms with Gasteiger partial charge in [-0.05, 0) is 32.0 Å². The molecular weight excluding hydrogens is 213 g/mol. The molecule has 0 aliphatic rings. The molecule has 0 heterocycles. The molecule has 0 saturated heterocycles. The summed E-state index contributed by atoms with van der Waals surface area (Å²) < 4.78 is 18.4. The predicted molar refractivity (Wildman–Crippen MR) is 55.7 cm³/mol. The molecule has 0 aromatic heterocycles. The van der Waals surface area contributed by atoms with Crippen LogP contribution in [0.4, 0.5) is 4.39 Å². The number of nitrogens with two attached hydrogens (primary N) is 1. The summed E-state index contributed by atoms with van der Waals surface area (Å²) in [6.45, 7) is 2.75. The minimum absolute atomic E-state index is 0.101. The molecule has 1 atom stereocenters. The molecule has 0 bridgehead atoms. The lowest BCUT2D eigenvalue weighted by molar-refractivity contribution is -0.124. The average molecular weight is 225 g/mol. The summed E-state index contributed by atoms with van der Waals surface area (Å²) >= 11 is 0. The van der Waals surface area contributed by atoms with Gasteiger partial charge < -0.3 is 10.5 Å². The number of hydrogen-bond acceptors (Lipinski definition) is 3. The van der Waals surface area contributed by atoms with Crippen molar-refractivity contribution in [2.24, 2.45) is 5.73 Å². The third kappa shape index (κ3) is 2.79. The first-order chi connectivity index (χ1) is 7.41. The van der Waals surface area contributed by atoms with Gasteiger partial charge >= 0.3 is 0 Å². The van der Waals surface area contributed by atoms with Crippen molar-refractivity contribution in [3.63, 3.8) is 0 Å². The van der Waals surface area contributed by atoms with E-state index in [-0.39, 0.29) is 17.1 Å². The van der Waals surface area contributed by atoms with Crippen LogP contribution in [0.15, 0.2) is 18.2 Å². The molecule has 0 fully saturated rings. The number of halogens is 1. The number of ether oxygens (including phenoxy) is 1. The Bertz CT molecular complexity index is 431. The van der Waals surface area contributed by atoms with E-state index < -0.39 is 17.8 Å². The first kappa shape index (κ1) is 12.2. The lowest BCUT2D eigenvalue weighted by atomic mass is 10.1. The topological polar surface area (TPSA) is 69.4 Å². The lowest BCUT2D eigenvalue weighted by Gasteiger charge is -2.12. The van der Waals surface area contributed by atoms with Crippen LogP contribution in [-0.2, 0) is 4.79 Å². The number of hydrogen-bond donors (Lipinski definition) is 1. The van der Waals surface area contributed by atoms with E-state index in [1.54, 1.807) is 0 Å². The van der Waals surface area contributed by atoms with Crippen LogP contribution in [0.1, 0.15) is 24.2 Å². The molecule has 1 aromatic carbocycles. The van der Waals surface area contributed by atoms with Gasteiger partial charge in [-0.25, -0.2) is 4.39 Å². The zero-order valence-electron chi connectivity index (χ0n) is 8.99. The summed E-state index contributed by atoms with van der Waals surface area (Å²) in [5.74, 6) is -1.72. The van der Waals surface area contributed by atoms with Gasteiger partial charge in [0.15, 0.2) is 23.5 Å². The van der Waals surface area contributed by atoms with Crippen LogP contribution < -0.4 is 10.5 Å². The van der Waals surface area contributed by atoms with Gasteiger partial charge in [0.2, 0.25) is 0 Å². The quantitative estimate of drug-likeness (QED) is 0.785. The summed E-state index contributed by atoms with van der Waals surface area (Å²) in [5.41, 5.74) is 5.22. The van der Waals surface area contributed by atoms with Crippen molar-refractivity contribution in [2.75, 3.05) is 0 Å². The number of carbonyl (C=O) groups is 2. The summed E-state index contributed by atoms with van der Waals surface area (Å²) in [4.78, 5) is 21.7.